The molecule has 0 radical (unpaired) electrons. The van der Waals surface area contributed by atoms with Crippen molar-refractivity contribution in [3.8, 4) is 0 Å². The average molecular weight is 265 g/mol. The summed E-state index contributed by atoms with van der Waals surface area (Å²) in [6.07, 6.45) is 2.02. The quantitative estimate of drug-likeness (QED) is 0.814. The van der Waals surface area contributed by atoms with Crippen LogP contribution in [0, 0.1) is 13.8 Å². The summed E-state index contributed by atoms with van der Waals surface area (Å²) in [4.78, 5) is 0. The Morgan fingerprint density at radius 1 is 1.27 bits per heavy atom. The smallest absolute Gasteiger partial charge is 0.0735 e. The van der Waals surface area contributed by atoms with E-state index in [9.17, 15) is 0 Å². The third-order valence-corrected chi connectivity index (χ3v) is 3.26. The van der Waals surface area contributed by atoms with Gasteiger partial charge in [-0.3, -0.25) is 4.68 Å². The lowest BCUT2D eigenvalue weighted by atomic mass is 10.1. The molecule has 0 aliphatic carbocycles. The zero-order valence-corrected chi connectivity index (χ0v) is 10.5. The number of nitrogens with zero attached hydrogens (tertiary/aromatic N) is 2. The number of hydrogen-bond acceptors (Lipinski definition) is 1. The van der Waals surface area contributed by atoms with Gasteiger partial charge in [0.2, 0.25) is 0 Å². The Morgan fingerprint density at radius 3 is 2.60 bits per heavy atom. The molecule has 0 aliphatic heterocycles. The zero-order valence-electron chi connectivity index (χ0n) is 8.87. The molecule has 15 heavy (non-hydrogen) atoms. The number of rotatable bonds is 2. The van der Waals surface area contributed by atoms with Gasteiger partial charge < -0.3 is 0 Å². The van der Waals surface area contributed by atoms with Crippen molar-refractivity contribution in [1.82, 2.24) is 9.78 Å². The van der Waals surface area contributed by atoms with Crippen LogP contribution in [0.25, 0.3) is 0 Å². The lowest BCUT2D eigenvalue weighted by Gasteiger charge is -2.04. The summed E-state index contributed by atoms with van der Waals surface area (Å²) in [5.41, 5.74) is 3.65. The van der Waals surface area contributed by atoms with E-state index in [0.29, 0.717) is 0 Å². The molecule has 0 aliphatic rings. The molecule has 0 atom stereocenters. The molecule has 0 saturated carbocycles. The summed E-state index contributed by atoms with van der Waals surface area (Å²) < 4.78 is 3.03. The summed E-state index contributed by atoms with van der Waals surface area (Å²) >= 11 is 3.46. The van der Waals surface area contributed by atoms with Crippen LogP contribution in [0.5, 0.6) is 0 Å². The highest BCUT2D eigenvalue weighted by Crippen LogP contribution is 2.15. The van der Waals surface area contributed by atoms with Crippen molar-refractivity contribution in [3.05, 3.63) is 51.8 Å². The fourth-order valence-electron chi connectivity index (χ4n) is 1.54. The van der Waals surface area contributed by atoms with Gasteiger partial charge in [-0.25, -0.2) is 0 Å². The van der Waals surface area contributed by atoms with Crippen LogP contribution >= 0.6 is 15.9 Å². The van der Waals surface area contributed by atoms with Gasteiger partial charge in [0.25, 0.3) is 0 Å². The van der Waals surface area contributed by atoms with E-state index >= 15 is 0 Å². The molecule has 0 amide bonds. The van der Waals surface area contributed by atoms with Crippen molar-refractivity contribution < 1.29 is 0 Å². The van der Waals surface area contributed by atoms with Gasteiger partial charge in [0.15, 0.2) is 0 Å². The van der Waals surface area contributed by atoms with Crippen molar-refractivity contribution in [2.24, 2.45) is 0 Å². The minimum absolute atomic E-state index is 0.832. The second-order valence-electron chi connectivity index (χ2n) is 3.69. The molecule has 0 bridgehead atoms. The van der Waals surface area contributed by atoms with Crippen LogP contribution in [-0.4, -0.2) is 9.78 Å². The number of hydrogen-bond donors (Lipinski definition) is 0. The van der Waals surface area contributed by atoms with Gasteiger partial charge in [0.1, 0.15) is 0 Å². The first-order chi connectivity index (χ1) is 7.16. The fraction of sp³-hybridized carbons (Fsp3) is 0.250. The molecule has 0 N–H and O–H groups in total. The normalized spacial score (nSPS) is 10.6. The molecule has 1 aromatic carbocycles. The number of aromatic nitrogens is 2. The van der Waals surface area contributed by atoms with Crippen LogP contribution in [0.1, 0.15) is 16.8 Å². The Bertz CT molecular complexity index is 455. The topological polar surface area (TPSA) is 17.8 Å². The molecule has 1 aromatic heterocycles. The molecule has 0 saturated heterocycles. The first-order valence-corrected chi connectivity index (χ1v) is 5.70. The van der Waals surface area contributed by atoms with E-state index in [1.54, 1.807) is 0 Å². The Kier molecular flexibility index (Phi) is 2.91. The molecule has 0 unspecified atom stereocenters. The average Bonchev–Trinajstić information content (AvgIpc) is 2.50. The van der Waals surface area contributed by atoms with Gasteiger partial charge >= 0.3 is 0 Å². The molecule has 78 valence electrons. The summed E-state index contributed by atoms with van der Waals surface area (Å²) in [7, 11) is 0. The zero-order chi connectivity index (χ0) is 10.8. The predicted octanol–water partition coefficient (Wildman–Crippen LogP) is 3.31. The van der Waals surface area contributed by atoms with E-state index in [-0.39, 0.29) is 0 Å². The van der Waals surface area contributed by atoms with Crippen LogP contribution in [0.3, 0.4) is 0 Å². The molecule has 2 rings (SSSR count). The molecule has 0 fully saturated rings. The van der Waals surface area contributed by atoms with Crippen LogP contribution in [0.2, 0.25) is 0 Å². The second kappa shape index (κ2) is 4.19. The molecule has 2 nitrogen and oxygen atoms in total. The van der Waals surface area contributed by atoms with E-state index in [0.717, 1.165) is 16.7 Å². The van der Waals surface area contributed by atoms with Gasteiger partial charge in [-0.15, -0.1) is 0 Å². The standard InChI is InChI=1S/C12H13BrN2/c1-9-5-3-4-6-11(9)7-15-8-12(13)10(2)14-15/h3-6,8H,7H2,1-2H3. The van der Waals surface area contributed by atoms with Crippen LogP contribution in [-0.2, 0) is 6.54 Å². The van der Waals surface area contributed by atoms with Crippen LogP contribution < -0.4 is 0 Å². The highest BCUT2D eigenvalue weighted by Gasteiger charge is 2.03. The van der Waals surface area contributed by atoms with E-state index in [4.69, 9.17) is 0 Å². The van der Waals surface area contributed by atoms with Crippen molar-refractivity contribution in [1.29, 1.82) is 0 Å². The lowest BCUT2D eigenvalue weighted by Crippen LogP contribution is -2.01. The maximum atomic E-state index is 4.42. The first-order valence-electron chi connectivity index (χ1n) is 4.91. The Balaban J connectivity index is 2.26. The van der Waals surface area contributed by atoms with Gasteiger partial charge in [0, 0.05) is 6.20 Å². The maximum absolute atomic E-state index is 4.42. The van der Waals surface area contributed by atoms with Gasteiger partial charge in [-0.2, -0.15) is 5.10 Å². The van der Waals surface area contributed by atoms with E-state index in [1.807, 2.05) is 17.8 Å². The minimum Gasteiger partial charge on any atom is -0.267 e. The molecule has 0 spiro atoms. The van der Waals surface area contributed by atoms with Gasteiger partial charge in [0.05, 0.1) is 16.7 Å². The largest absolute Gasteiger partial charge is 0.267 e. The number of benzene rings is 1. The van der Waals surface area contributed by atoms with Gasteiger partial charge in [-0.05, 0) is 40.9 Å². The molecule has 1 heterocycles. The SMILES string of the molecule is Cc1ccccc1Cn1cc(Br)c(C)n1. The summed E-state index contributed by atoms with van der Waals surface area (Å²) in [6.45, 7) is 4.96. The predicted molar refractivity (Wildman–Crippen MR) is 64.9 cm³/mol. The van der Waals surface area contributed by atoms with E-state index in [1.165, 1.54) is 11.1 Å². The Morgan fingerprint density at radius 2 is 2.00 bits per heavy atom. The van der Waals surface area contributed by atoms with E-state index < -0.39 is 0 Å². The minimum atomic E-state index is 0.832. The molecular formula is C12H13BrN2. The maximum Gasteiger partial charge on any atom is 0.0735 e. The monoisotopic (exact) mass is 264 g/mol. The van der Waals surface area contributed by atoms with Crippen molar-refractivity contribution in [2.45, 2.75) is 20.4 Å². The lowest BCUT2D eigenvalue weighted by molar-refractivity contribution is 0.677. The summed E-state index contributed by atoms with van der Waals surface area (Å²) in [6, 6.07) is 8.39. The Hall–Kier alpha value is -1.09. The van der Waals surface area contributed by atoms with Crippen LogP contribution in [0.15, 0.2) is 34.9 Å². The molecular weight excluding hydrogens is 252 g/mol. The highest BCUT2D eigenvalue weighted by atomic mass is 79.9. The first kappa shape index (κ1) is 10.4. The van der Waals surface area contributed by atoms with Crippen LogP contribution in [0.4, 0.5) is 0 Å². The molecule has 2 aromatic rings. The number of halogens is 1. The highest BCUT2D eigenvalue weighted by molar-refractivity contribution is 9.10. The third-order valence-electron chi connectivity index (χ3n) is 2.48. The molecule has 3 heteroatoms. The third kappa shape index (κ3) is 2.29. The Labute approximate surface area is 98.1 Å². The van der Waals surface area contributed by atoms with Crippen molar-refractivity contribution in [2.75, 3.05) is 0 Å². The van der Waals surface area contributed by atoms with Crippen molar-refractivity contribution in [3.63, 3.8) is 0 Å². The van der Waals surface area contributed by atoms with Gasteiger partial charge in [-0.1, -0.05) is 24.3 Å². The second-order valence-corrected chi connectivity index (χ2v) is 4.54. The number of aryl methyl sites for hydroxylation is 2. The van der Waals surface area contributed by atoms with E-state index in [2.05, 4.69) is 52.2 Å². The van der Waals surface area contributed by atoms with Crippen molar-refractivity contribution >= 4 is 15.9 Å². The summed E-state index contributed by atoms with van der Waals surface area (Å²) in [5.74, 6) is 0. The fourth-order valence-corrected chi connectivity index (χ4v) is 1.85. The summed E-state index contributed by atoms with van der Waals surface area (Å²) in [5, 5.41) is 4.42.